The molecular formula is C13H15N3O. The third kappa shape index (κ3) is 2.08. The summed E-state index contributed by atoms with van der Waals surface area (Å²) in [4.78, 5) is 4.30. The molecule has 0 bridgehead atoms. The average molecular weight is 229 g/mol. The quantitative estimate of drug-likeness (QED) is 0.870. The summed E-state index contributed by atoms with van der Waals surface area (Å²) in [7, 11) is 0. The summed E-state index contributed by atoms with van der Waals surface area (Å²) in [6.45, 7) is 0.696. The maximum atomic E-state index is 9.05. The van der Waals surface area contributed by atoms with Crippen molar-refractivity contribution in [2.24, 2.45) is 0 Å². The summed E-state index contributed by atoms with van der Waals surface area (Å²) in [5.41, 5.74) is 3.03. The molecular weight excluding hydrogens is 214 g/mol. The number of hydrogen-bond acceptors (Lipinski definition) is 3. The van der Waals surface area contributed by atoms with Gasteiger partial charge in [-0.05, 0) is 31.0 Å². The summed E-state index contributed by atoms with van der Waals surface area (Å²) >= 11 is 0. The zero-order chi connectivity index (χ0) is 11.7. The molecule has 0 aromatic carbocycles. The van der Waals surface area contributed by atoms with Gasteiger partial charge in [-0.1, -0.05) is 6.07 Å². The Morgan fingerprint density at radius 1 is 1.29 bits per heavy atom. The van der Waals surface area contributed by atoms with Crippen molar-refractivity contribution in [3.63, 3.8) is 0 Å². The van der Waals surface area contributed by atoms with Crippen molar-refractivity contribution in [1.29, 1.82) is 0 Å². The fraction of sp³-hybridized carbons (Fsp3) is 0.385. The summed E-state index contributed by atoms with van der Waals surface area (Å²) in [5.74, 6) is 0.631. The van der Waals surface area contributed by atoms with E-state index in [4.69, 9.17) is 5.11 Å². The van der Waals surface area contributed by atoms with E-state index in [1.807, 2.05) is 22.9 Å². The maximum Gasteiger partial charge on any atom is 0.111 e. The van der Waals surface area contributed by atoms with Crippen LogP contribution in [0.5, 0.6) is 0 Å². The molecule has 1 aliphatic carbocycles. The van der Waals surface area contributed by atoms with E-state index in [1.165, 1.54) is 18.5 Å². The van der Waals surface area contributed by atoms with Gasteiger partial charge in [0.15, 0.2) is 0 Å². The van der Waals surface area contributed by atoms with E-state index in [2.05, 4.69) is 16.1 Å². The highest BCUT2D eigenvalue weighted by Gasteiger charge is 2.28. The van der Waals surface area contributed by atoms with Crippen LogP contribution in [0.25, 0.3) is 11.4 Å². The van der Waals surface area contributed by atoms with E-state index >= 15 is 0 Å². The Labute approximate surface area is 99.9 Å². The Morgan fingerprint density at radius 3 is 2.82 bits per heavy atom. The molecule has 4 nitrogen and oxygen atoms in total. The first kappa shape index (κ1) is 10.5. The van der Waals surface area contributed by atoms with Crippen LogP contribution in [0.3, 0.4) is 0 Å². The van der Waals surface area contributed by atoms with Crippen LogP contribution < -0.4 is 0 Å². The number of rotatable bonds is 4. The van der Waals surface area contributed by atoms with Gasteiger partial charge in [-0.3, -0.25) is 9.67 Å². The second kappa shape index (κ2) is 4.30. The largest absolute Gasteiger partial charge is 0.394 e. The van der Waals surface area contributed by atoms with Crippen molar-refractivity contribution in [1.82, 2.24) is 14.8 Å². The molecule has 0 radical (unpaired) electrons. The van der Waals surface area contributed by atoms with Crippen LogP contribution in [-0.4, -0.2) is 26.5 Å². The van der Waals surface area contributed by atoms with Crippen LogP contribution in [0.15, 0.2) is 30.5 Å². The van der Waals surface area contributed by atoms with Crippen molar-refractivity contribution in [2.45, 2.75) is 25.3 Å². The van der Waals surface area contributed by atoms with Crippen molar-refractivity contribution in [3.8, 4) is 11.4 Å². The number of aliphatic hydroxyl groups is 1. The highest BCUT2D eigenvalue weighted by atomic mass is 16.3. The van der Waals surface area contributed by atoms with Crippen LogP contribution in [0.1, 0.15) is 24.5 Å². The first-order valence-corrected chi connectivity index (χ1v) is 5.98. The summed E-state index contributed by atoms with van der Waals surface area (Å²) in [6.07, 6.45) is 4.24. The number of aromatic nitrogens is 3. The summed E-state index contributed by atoms with van der Waals surface area (Å²) < 4.78 is 1.92. The molecule has 2 aromatic heterocycles. The fourth-order valence-electron chi connectivity index (χ4n) is 2.05. The van der Waals surface area contributed by atoms with Gasteiger partial charge in [0, 0.05) is 17.8 Å². The predicted octanol–water partition coefficient (Wildman–Crippen LogP) is 1.81. The molecule has 4 heteroatoms. The molecule has 1 aliphatic rings. The van der Waals surface area contributed by atoms with Gasteiger partial charge in [0.25, 0.3) is 0 Å². The summed E-state index contributed by atoms with van der Waals surface area (Å²) in [5, 5.41) is 13.6. The van der Waals surface area contributed by atoms with E-state index in [-0.39, 0.29) is 6.61 Å². The molecule has 0 aliphatic heterocycles. The smallest absolute Gasteiger partial charge is 0.111 e. The normalized spacial score (nSPS) is 15.1. The highest BCUT2D eigenvalue weighted by molar-refractivity contribution is 5.54. The zero-order valence-corrected chi connectivity index (χ0v) is 9.58. The lowest BCUT2D eigenvalue weighted by atomic mass is 10.2. The molecule has 0 amide bonds. The van der Waals surface area contributed by atoms with E-state index in [0.717, 1.165) is 11.4 Å². The molecule has 3 rings (SSSR count). The maximum absolute atomic E-state index is 9.05. The van der Waals surface area contributed by atoms with Crippen molar-refractivity contribution in [2.75, 3.05) is 6.61 Å². The molecule has 0 atom stereocenters. The topological polar surface area (TPSA) is 50.9 Å². The van der Waals surface area contributed by atoms with E-state index in [9.17, 15) is 0 Å². The van der Waals surface area contributed by atoms with Gasteiger partial charge in [-0.25, -0.2) is 0 Å². The zero-order valence-electron chi connectivity index (χ0n) is 9.58. The second-order valence-electron chi connectivity index (χ2n) is 4.39. The Kier molecular flexibility index (Phi) is 2.65. The van der Waals surface area contributed by atoms with Crippen LogP contribution in [0.4, 0.5) is 0 Å². The number of nitrogens with zero attached hydrogens (tertiary/aromatic N) is 3. The van der Waals surface area contributed by atoms with Crippen molar-refractivity contribution < 1.29 is 5.11 Å². The lowest BCUT2D eigenvalue weighted by Gasteiger charge is -2.02. The first-order chi connectivity index (χ1) is 8.38. The second-order valence-corrected chi connectivity index (χ2v) is 4.39. The summed E-state index contributed by atoms with van der Waals surface area (Å²) in [6, 6.07) is 7.93. The Balaban J connectivity index is 1.98. The molecule has 0 saturated heterocycles. The van der Waals surface area contributed by atoms with Gasteiger partial charge >= 0.3 is 0 Å². The minimum absolute atomic E-state index is 0.128. The van der Waals surface area contributed by atoms with Crippen LogP contribution >= 0.6 is 0 Å². The average Bonchev–Trinajstić information content (AvgIpc) is 3.13. The third-order valence-corrected chi connectivity index (χ3v) is 3.05. The minimum atomic E-state index is 0.128. The molecule has 2 heterocycles. The lowest BCUT2D eigenvalue weighted by molar-refractivity contribution is 0.267. The van der Waals surface area contributed by atoms with Gasteiger partial charge in [0.2, 0.25) is 0 Å². The highest BCUT2D eigenvalue weighted by Crippen LogP contribution is 2.41. The van der Waals surface area contributed by atoms with Crippen LogP contribution in [0.2, 0.25) is 0 Å². The van der Waals surface area contributed by atoms with Gasteiger partial charge in [0.05, 0.1) is 18.8 Å². The van der Waals surface area contributed by atoms with E-state index < -0.39 is 0 Å². The molecule has 17 heavy (non-hydrogen) atoms. The van der Waals surface area contributed by atoms with Gasteiger partial charge in [-0.2, -0.15) is 5.10 Å². The number of aliphatic hydroxyl groups excluding tert-OH is 1. The fourth-order valence-corrected chi connectivity index (χ4v) is 2.05. The third-order valence-electron chi connectivity index (χ3n) is 3.05. The Hall–Kier alpha value is -1.68. The van der Waals surface area contributed by atoms with Crippen molar-refractivity contribution >= 4 is 0 Å². The van der Waals surface area contributed by atoms with Crippen molar-refractivity contribution in [3.05, 3.63) is 36.2 Å². The number of pyridine rings is 1. The SMILES string of the molecule is OCCn1nc(-c2ccccn2)cc1C1CC1. The predicted molar refractivity (Wildman–Crippen MR) is 64.5 cm³/mol. The molecule has 2 aromatic rings. The standard InChI is InChI=1S/C13H15N3O/c17-8-7-16-13(10-4-5-10)9-12(15-16)11-3-1-2-6-14-11/h1-3,6,9-10,17H,4-5,7-8H2. The van der Waals surface area contributed by atoms with Gasteiger partial charge in [0.1, 0.15) is 5.69 Å². The Bertz CT molecular complexity index is 503. The van der Waals surface area contributed by atoms with E-state index in [0.29, 0.717) is 12.5 Å². The van der Waals surface area contributed by atoms with Gasteiger partial charge in [-0.15, -0.1) is 0 Å². The van der Waals surface area contributed by atoms with Crippen LogP contribution in [-0.2, 0) is 6.54 Å². The molecule has 1 saturated carbocycles. The minimum Gasteiger partial charge on any atom is -0.394 e. The molecule has 88 valence electrons. The molecule has 1 fully saturated rings. The van der Waals surface area contributed by atoms with Gasteiger partial charge < -0.3 is 5.11 Å². The monoisotopic (exact) mass is 229 g/mol. The lowest BCUT2D eigenvalue weighted by Crippen LogP contribution is -2.07. The molecule has 1 N–H and O–H groups in total. The Morgan fingerprint density at radius 2 is 2.18 bits per heavy atom. The first-order valence-electron chi connectivity index (χ1n) is 5.98. The van der Waals surface area contributed by atoms with Crippen LogP contribution in [0, 0.1) is 0 Å². The number of hydrogen-bond donors (Lipinski definition) is 1. The molecule has 0 unspecified atom stereocenters. The van der Waals surface area contributed by atoms with E-state index in [1.54, 1.807) is 6.20 Å². The molecule has 0 spiro atoms.